The maximum atomic E-state index is 12.7. The molecule has 5 heteroatoms. The van der Waals surface area contributed by atoms with Gasteiger partial charge in [0.05, 0.1) is 12.8 Å². The molecule has 1 aromatic rings. The third-order valence-electron chi connectivity index (χ3n) is 4.31. The molecule has 1 heterocycles. The lowest BCUT2D eigenvalue weighted by Crippen LogP contribution is -2.45. The Morgan fingerprint density at radius 2 is 2.09 bits per heavy atom. The Labute approximate surface area is 141 Å². The molecule has 1 aliphatic carbocycles. The van der Waals surface area contributed by atoms with E-state index in [0.29, 0.717) is 10.8 Å². The van der Waals surface area contributed by atoms with Crippen LogP contribution in [0.5, 0.6) is 5.75 Å². The molecule has 3 atom stereocenters. The van der Waals surface area contributed by atoms with E-state index in [1.165, 1.54) is 0 Å². The lowest BCUT2D eigenvalue weighted by Gasteiger charge is -2.37. The van der Waals surface area contributed by atoms with Crippen molar-refractivity contribution in [1.29, 1.82) is 0 Å². The van der Waals surface area contributed by atoms with E-state index in [-0.39, 0.29) is 17.8 Å². The number of hydrogen-bond donors (Lipinski definition) is 1. The van der Waals surface area contributed by atoms with Crippen molar-refractivity contribution in [1.82, 2.24) is 0 Å². The van der Waals surface area contributed by atoms with Crippen LogP contribution in [0.15, 0.2) is 24.3 Å². The molecule has 1 aromatic carbocycles. The highest BCUT2D eigenvalue weighted by atomic mass is 35.5. The zero-order chi connectivity index (χ0) is 16.8. The van der Waals surface area contributed by atoms with Gasteiger partial charge in [0.1, 0.15) is 17.4 Å². The lowest BCUT2D eigenvalue weighted by molar-refractivity contribution is -0.157. The number of halogens is 1. The van der Waals surface area contributed by atoms with Crippen molar-refractivity contribution < 1.29 is 14.3 Å². The molecule has 0 radical (unpaired) electrons. The number of ether oxygens (including phenoxy) is 2. The van der Waals surface area contributed by atoms with Crippen LogP contribution in [-0.4, -0.2) is 24.7 Å². The van der Waals surface area contributed by atoms with Gasteiger partial charge in [-0.25, -0.2) is 4.79 Å². The Bertz CT molecular complexity index is 663. The maximum Gasteiger partial charge on any atom is 0.329 e. The van der Waals surface area contributed by atoms with Crippen LogP contribution < -0.4 is 10.1 Å². The smallest absolute Gasteiger partial charge is 0.329 e. The standard InChI is InChI=1S/C18H22ClNO3/c1-18(2,3)23-17(21)15-11-7-5-6-10(11)14-12(19)8-9-13(22-4)16(14)20-15/h5-6,8-11,15,20H,7H2,1-4H3/t10-,11+,15-/m0/s1. The monoisotopic (exact) mass is 335 g/mol. The normalized spacial score (nSPS) is 25.3. The Kier molecular flexibility index (Phi) is 4.05. The molecule has 0 unspecified atom stereocenters. The van der Waals surface area contributed by atoms with Crippen LogP contribution in [0.4, 0.5) is 5.69 Å². The number of anilines is 1. The van der Waals surface area contributed by atoms with Gasteiger partial charge in [-0.3, -0.25) is 0 Å². The molecule has 0 spiro atoms. The van der Waals surface area contributed by atoms with Gasteiger partial charge in [0, 0.05) is 22.4 Å². The van der Waals surface area contributed by atoms with E-state index >= 15 is 0 Å². The molecule has 0 amide bonds. The fourth-order valence-electron chi connectivity index (χ4n) is 3.41. The molecule has 124 valence electrons. The lowest BCUT2D eigenvalue weighted by atomic mass is 9.79. The summed E-state index contributed by atoms with van der Waals surface area (Å²) in [5, 5.41) is 4.02. The molecular formula is C18H22ClNO3. The van der Waals surface area contributed by atoms with Crippen molar-refractivity contribution in [2.45, 2.75) is 44.8 Å². The predicted molar refractivity (Wildman–Crippen MR) is 91.2 cm³/mol. The van der Waals surface area contributed by atoms with Gasteiger partial charge in [0.25, 0.3) is 0 Å². The predicted octanol–water partition coefficient (Wildman–Crippen LogP) is 4.14. The van der Waals surface area contributed by atoms with Gasteiger partial charge in [-0.1, -0.05) is 23.8 Å². The number of benzene rings is 1. The first-order valence-electron chi connectivity index (χ1n) is 7.84. The second kappa shape index (κ2) is 5.75. The first kappa shape index (κ1) is 16.2. The van der Waals surface area contributed by atoms with Crippen LogP contribution >= 0.6 is 11.6 Å². The molecule has 0 fully saturated rings. The van der Waals surface area contributed by atoms with Crippen molar-refractivity contribution in [3.05, 3.63) is 34.9 Å². The first-order valence-corrected chi connectivity index (χ1v) is 8.22. The minimum Gasteiger partial charge on any atom is -0.495 e. The summed E-state index contributed by atoms with van der Waals surface area (Å²) in [6.45, 7) is 5.64. The number of allylic oxidation sites excluding steroid dienone is 2. The van der Waals surface area contributed by atoms with Crippen LogP contribution in [0.1, 0.15) is 38.7 Å². The summed E-state index contributed by atoms with van der Waals surface area (Å²) in [6, 6.07) is 3.26. The second-order valence-corrected chi connectivity index (χ2v) is 7.45. The molecule has 23 heavy (non-hydrogen) atoms. The number of esters is 1. The summed E-state index contributed by atoms with van der Waals surface area (Å²) >= 11 is 6.43. The van der Waals surface area contributed by atoms with Crippen molar-refractivity contribution in [3.63, 3.8) is 0 Å². The molecule has 0 aromatic heterocycles. The summed E-state index contributed by atoms with van der Waals surface area (Å²) in [6.07, 6.45) is 5.07. The largest absolute Gasteiger partial charge is 0.495 e. The zero-order valence-corrected chi connectivity index (χ0v) is 14.6. The van der Waals surface area contributed by atoms with Crippen LogP contribution in [0.2, 0.25) is 5.02 Å². The molecule has 0 saturated carbocycles. The number of carbonyl (C=O) groups excluding carboxylic acids is 1. The average molecular weight is 336 g/mol. The summed E-state index contributed by atoms with van der Waals surface area (Å²) < 4.78 is 11.0. The van der Waals surface area contributed by atoms with E-state index in [1.54, 1.807) is 7.11 Å². The van der Waals surface area contributed by atoms with Crippen molar-refractivity contribution in [3.8, 4) is 5.75 Å². The quantitative estimate of drug-likeness (QED) is 0.651. The van der Waals surface area contributed by atoms with Crippen LogP contribution in [0.25, 0.3) is 0 Å². The average Bonchev–Trinajstić information content (AvgIpc) is 2.93. The number of hydrogen-bond acceptors (Lipinski definition) is 4. The Hall–Kier alpha value is -1.68. The Morgan fingerprint density at radius 1 is 1.35 bits per heavy atom. The minimum atomic E-state index is -0.515. The van der Waals surface area contributed by atoms with Crippen molar-refractivity contribution in [2.24, 2.45) is 5.92 Å². The summed E-state index contributed by atoms with van der Waals surface area (Å²) in [7, 11) is 1.62. The van der Waals surface area contributed by atoms with E-state index in [4.69, 9.17) is 21.1 Å². The molecular weight excluding hydrogens is 314 g/mol. The van der Waals surface area contributed by atoms with Crippen LogP contribution in [0.3, 0.4) is 0 Å². The van der Waals surface area contributed by atoms with Gasteiger partial charge in [0.2, 0.25) is 0 Å². The molecule has 0 bridgehead atoms. The van der Waals surface area contributed by atoms with Gasteiger partial charge in [-0.2, -0.15) is 0 Å². The first-order chi connectivity index (χ1) is 10.8. The van der Waals surface area contributed by atoms with Crippen molar-refractivity contribution >= 4 is 23.3 Å². The van der Waals surface area contributed by atoms with E-state index < -0.39 is 11.6 Å². The third-order valence-corrected chi connectivity index (χ3v) is 4.64. The molecule has 4 nitrogen and oxygen atoms in total. The number of nitrogens with one attached hydrogen (secondary N) is 1. The third kappa shape index (κ3) is 2.92. The maximum absolute atomic E-state index is 12.7. The topological polar surface area (TPSA) is 47.6 Å². The fourth-order valence-corrected chi connectivity index (χ4v) is 3.69. The second-order valence-electron chi connectivity index (χ2n) is 7.05. The SMILES string of the molecule is COc1ccc(Cl)c2c1N[C@H](C(=O)OC(C)(C)C)[C@@H]1CC=C[C@H]21. The number of methoxy groups -OCH3 is 1. The van der Waals surface area contributed by atoms with E-state index in [1.807, 2.05) is 32.9 Å². The van der Waals surface area contributed by atoms with Gasteiger partial charge in [0.15, 0.2) is 0 Å². The molecule has 3 rings (SSSR count). The number of fused-ring (bicyclic) bond motifs is 3. The zero-order valence-electron chi connectivity index (χ0n) is 13.9. The summed E-state index contributed by atoms with van der Waals surface area (Å²) in [5.74, 6) is 0.675. The van der Waals surface area contributed by atoms with Gasteiger partial charge < -0.3 is 14.8 Å². The van der Waals surface area contributed by atoms with Gasteiger partial charge in [-0.05, 0) is 39.3 Å². The molecule has 1 aliphatic heterocycles. The molecule has 1 N–H and O–H groups in total. The van der Waals surface area contributed by atoms with Crippen molar-refractivity contribution in [2.75, 3.05) is 12.4 Å². The van der Waals surface area contributed by atoms with Crippen LogP contribution in [0, 0.1) is 5.92 Å². The summed E-state index contributed by atoms with van der Waals surface area (Å²) in [4.78, 5) is 12.7. The summed E-state index contributed by atoms with van der Waals surface area (Å²) in [5.41, 5.74) is 1.28. The van der Waals surface area contributed by atoms with E-state index in [9.17, 15) is 4.79 Å². The Morgan fingerprint density at radius 3 is 2.74 bits per heavy atom. The van der Waals surface area contributed by atoms with Gasteiger partial charge in [-0.15, -0.1) is 0 Å². The molecule has 0 saturated heterocycles. The van der Waals surface area contributed by atoms with E-state index in [0.717, 1.165) is 17.7 Å². The highest BCUT2D eigenvalue weighted by Gasteiger charge is 2.44. The van der Waals surface area contributed by atoms with Crippen LogP contribution in [-0.2, 0) is 9.53 Å². The van der Waals surface area contributed by atoms with E-state index in [2.05, 4.69) is 17.5 Å². The number of rotatable bonds is 2. The fraction of sp³-hybridized carbons (Fsp3) is 0.500. The van der Waals surface area contributed by atoms with Gasteiger partial charge >= 0.3 is 5.97 Å². The Balaban J connectivity index is 2.02. The molecule has 2 aliphatic rings. The highest BCUT2D eigenvalue weighted by molar-refractivity contribution is 6.32. The number of carbonyl (C=O) groups is 1. The highest BCUT2D eigenvalue weighted by Crippen LogP contribution is 2.50. The minimum absolute atomic E-state index is 0.103.